The molecule has 0 aliphatic carbocycles. The summed E-state index contributed by atoms with van der Waals surface area (Å²) < 4.78 is 9.02. The number of aliphatic hydroxyl groups is 1. The van der Waals surface area contributed by atoms with E-state index in [0.717, 1.165) is 0 Å². The van der Waals surface area contributed by atoms with Crippen LogP contribution >= 0.6 is 0 Å². The number of hydrogen-bond acceptors (Lipinski definition) is 6. The Kier molecular flexibility index (Phi) is 3.87. The summed E-state index contributed by atoms with van der Waals surface area (Å²) in [5.74, 6) is -0.713. The molecule has 1 heterocycles. The van der Waals surface area contributed by atoms with Gasteiger partial charge in [0.05, 0.1) is 26.3 Å². The molecule has 15 heavy (non-hydrogen) atoms. The van der Waals surface area contributed by atoms with Gasteiger partial charge < -0.3 is 25.2 Å². The maximum absolute atomic E-state index is 11.0. The quantitative estimate of drug-likeness (QED) is 0.545. The maximum atomic E-state index is 11.0. The third-order valence-electron chi connectivity index (χ3n) is 2.14. The Bertz CT molecular complexity index is 257. The van der Waals surface area contributed by atoms with Crippen LogP contribution in [0.3, 0.4) is 0 Å². The number of rotatable bonds is 4. The van der Waals surface area contributed by atoms with Gasteiger partial charge in [0.25, 0.3) is 0 Å². The molecule has 3 N–H and O–H groups in total. The SMILES string of the molecule is COC(=O)[C@@H](N)[C@@H](O)CN1CCOC1=O. The van der Waals surface area contributed by atoms with Gasteiger partial charge in [-0.25, -0.2) is 4.79 Å². The van der Waals surface area contributed by atoms with Crippen LogP contribution in [0, 0.1) is 0 Å². The minimum absolute atomic E-state index is 0.0326. The van der Waals surface area contributed by atoms with E-state index < -0.39 is 24.2 Å². The Hall–Kier alpha value is -1.34. The van der Waals surface area contributed by atoms with Gasteiger partial charge in [0.2, 0.25) is 0 Å². The zero-order chi connectivity index (χ0) is 11.4. The molecule has 1 fully saturated rings. The molecular formula is C8H14N2O5. The number of ether oxygens (including phenoxy) is 2. The van der Waals surface area contributed by atoms with E-state index in [2.05, 4.69) is 9.47 Å². The molecule has 0 unspecified atom stereocenters. The number of nitrogens with two attached hydrogens (primary N) is 1. The third kappa shape index (κ3) is 2.80. The Morgan fingerprint density at radius 3 is 2.93 bits per heavy atom. The molecule has 7 nitrogen and oxygen atoms in total. The van der Waals surface area contributed by atoms with Crippen LogP contribution in [0.4, 0.5) is 4.79 Å². The van der Waals surface area contributed by atoms with E-state index in [0.29, 0.717) is 13.2 Å². The number of nitrogens with zero attached hydrogens (tertiary/aromatic N) is 1. The molecule has 0 radical (unpaired) electrons. The van der Waals surface area contributed by atoms with Crippen LogP contribution in [-0.2, 0) is 14.3 Å². The van der Waals surface area contributed by atoms with Crippen LogP contribution in [0.2, 0.25) is 0 Å². The van der Waals surface area contributed by atoms with Gasteiger partial charge in [-0.15, -0.1) is 0 Å². The highest BCUT2D eigenvalue weighted by atomic mass is 16.6. The molecule has 1 aliphatic rings. The lowest BCUT2D eigenvalue weighted by Gasteiger charge is -2.20. The number of hydrogen-bond donors (Lipinski definition) is 2. The molecule has 1 rings (SSSR count). The third-order valence-corrected chi connectivity index (χ3v) is 2.14. The fourth-order valence-corrected chi connectivity index (χ4v) is 1.22. The van der Waals surface area contributed by atoms with Crippen molar-refractivity contribution in [1.82, 2.24) is 4.90 Å². The number of carbonyl (C=O) groups excluding carboxylic acids is 2. The lowest BCUT2D eigenvalue weighted by atomic mass is 10.1. The fraction of sp³-hybridized carbons (Fsp3) is 0.750. The van der Waals surface area contributed by atoms with Crippen LogP contribution in [0.15, 0.2) is 0 Å². The predicted octanol–water partition coefficient (Wildman–Crippen LogP) is -1.70. The standard InChI is InChI=1S/C8H14N2O5/c1-14-7(12)6(9)5(11)4-10-2-3-15-8(10)13/h5-6,11H,2-4,9H2,1H3/t5-,6-/m0/s1. The molecule has 1 aliphatic heterocycles. The highest BCUT2D eigenvalue weighted by Crippen LogP contribution is 2.05. The highest BCUT2D eigenvalue weighted by molar-refractivity contribution is 5.76. The molecule has 1 saturated heterocycles. The summed E-state index contributed by atoms with van der Waals surface area (Å²) in [6.07, 6.45) is -1.66. The van der Waals surface area contributed by atoms with Crippen molar-refractivity contribution in [2.45, 2.75) is 12.1 Å². The topological polar surface area (TPSA) is 102 Å². The molecule has 1 amide bonds. The lowest BCUT2D eigenvalue weighted by molar-refractivity contribution is -0.145. The van der Waals surface area contributed by atoms with Crippen molar-refractivity contribution in [2.75, 3.05) is 26.8 Å². The second-order valence-corrected chi connectivity index (χ2v) is 3.18. The van der Waals surface area contributed by atoms with E-state index in [1.807, 2.05) is 0 Å². The maximum Gasteiger partial charge on any atom is 0.410 e. The van der Waals surface area contributed by atoms with Crippen LogP contribution < -0.4 is 5.73 Å². The summed E-state index contributed by atoms with van der Waals surface area (Å²) >= 11 is 0. The summed E-state index contributed by atoms with van der Waals surface area (Å²) in [5.41, 5.74) is 5.39. The Labute approximate surface area is 86.7 Å². The van der Waals surface area contributed by atoms with Crippen molar-refractivity contribution < 1.29 is 24.2 Å². The summed E-state index contributed by atoms with van der Waals surface area (Å²) in [5, 5.41) is 9.52. The van der Waals surface area contributed by atoms with Gasteiger partial charge in [0.1, 0.15) is 12.6 Å². The number of carbonyl (C=O) groups is 2. The first-order valence-corrected chi connectivity index (χ1v) is 4.49. The molecule has 0 aromatic carbocycles. The number of amides is 1. The normalized spacial score (nSPS) is 19.7. The monoisotopic (exact) mass is 218 g/mol. The predicted molar refractivity (Wildman–Crippen MR) is 48.9 cm³/mol. The molecular weight excluding hydrogens is 204 g/mol. The van der Waals surface area contributed by atoms with E-state index in [1.54, 1.807) is 0 Å². The van der Waals surface area contributed by atoms with E-state index in [1.165, 1.54) is 12.0 Å². The van der Waals surface area contributed by atoms with E-state index in [9.17, 15) is 14.7 Å². The molecule has 86 valence electrons. The number of esters is 1. The van der Waals surface area contributed by atoms with Crippen LogP contribution in [0.1, 0.15) is 0 Å². The van der Waals surface area contributed by atoms with Gasteiger partial charge in [0, 0.05) is 0 Å². The van der Waals surface area contributed by atoms with E-state index in [4.69, 9.17) is 5.73 Å². The molecule has 7 heteroatoms. The summed E-state index contributed by atoms with van der Waals surface area (Å²) in [6.45, 7) is 0.651. The summed E-state index contributed by atoms with van der Waals surface area (Å²) in [6, 6.07) is -1.15. The van der Waals surface area contributed by atoms with Gasteiger partial charge >= 0.3 is 12.1 Å². The van der Waals surface area contributed by atoms with Gasteiger partial charge in [-0.1, -0.05) is 0 Å². The summed E-state index contributed by atoms with van der Waals surface area (Å²) in [7, 11) is 1.18. The minimum Gasteiger partial charge on any atom is -0.468 e. The first kappa shape index (κ1) is 11.7. The summed E-state index contributed by atoms with van der Waals surface area (Å²) in [4.78, 5) is 23.3. The zero-order valence-electron chi connectivity index (χ0n) is 8.38. The van der Waals surface area contributed by atoms with Gasteiger partial charge in [0.15, 0.2) is 0 Å². The largest absolute Gasteiger partial charge is 0.468 e. The molecule has 0 aromatic heterocycles. The van der Waals surface area contributed by atoms with Gasteiger partial charge in [-0.3, -0.25) is 4.79 Å². The Balaban J connectivity index is 2.43. The van der Waals surface area contributed by atoms with Crippen LogP contribution in [0.25, 0.3) is 0 Å². The number of β-amino-alcohol motifs (C(OH)–C–C–N with tert-alkyl or cyclic N) is 1. The Morgan fingerprint density at radius 1 is 1.80 bits per heavy atom. The molecule has 0 spiro atoms. The van der Waals surface area contributed by atoms with E-state index >= 15 is 0 Å². The van der Waals surface area contributed by atoms with Crippen molar-refractivity contribution in [2.24, 2.45) is 5.73 Å². The van der Waals surface area contributed by atoms with Crippen LogP contribution in [-0.4, -0.2) is 61.0 Å². The smallest absolute Gasteiger partial charge is 0.410 e. The zero-order valence-corrected chi connectivity index (χ0v) is 8.38. The minimum atomic E-state index is -1.15. The van der Waals surface area contributed by atoms with Crippen molar-refractivity contribution in [3.63, 3.8) is 0 Å². The number of cyclic esters (lactones) is 1. The lowest BCUT2D eigenvalue weighted by Crippen LogP contribution is -2.48. The van der Waals surface area contributed by atoms with Gasteiger partial charge in [-0.05, 0) is 0 Å². The average Bonchev–Trinajstić information content (AvgIpc) is 2.62. The highest BCUT2D eigenvalue weighted by Gasteiger charge is 2.30. The fourth-order valence-electron chi connectivity index (χ4n) is 1.22. The molecule has 2 atom stereocenters. The number of aliphatic hydroxyl groups excluding tert-OH is 1. The average molecular weight is 218 g/mol. The second-order valence-electron chi connectivity index (χ2n) is 3.18. The van der Waals surface area contributed by atoms with Crippen molar-refractivity contribution in [3.05, 3.63) is 0 Å². The number of methoxy groups -OCH3 is 1. The first-order valence-electron chi connectivity index (χ1n) is 4.49. The molecule has 0 saturated carbocycles. The van der Waals surface area contributed by atoms with Crippen LogP contribution in [0.5, 0.6) is 0 Å². The van der Waals surface area contributed by atoms with E-state index in [-0.39, 0.29) is 6.54 Å². The van der Waals surface area contributed by atoms with Crippen molar-refractivity contribution in [1.29, 1.82) is 0 Å². The first-order chi connectivity index (χ1) is 7.06. The van der Waals surface area contributed by atoms with Gasteiger partial charge in [-0.2, -0.15) is 0 Å². The van der Waals surface area contributed by atoms with Crippen molar-refractivity contribution in [3.8, 4) is 0 Å². The Morgan fingerprint density at radius 2 is 2.47 bits per heavy atom. The molecule has 0 aromatic rings. The molecule has 0 bridgehead atoms. The second kappa shape index (κ2) is 4.94. The van der Waals surface area contributed by atoms with Crippen molar-refractivity contribution >= 4 is 12.1 Å².